The van der Waals surface area contributed by atoms with E-state index in [0.29, 0.717) is 12.0 Å². The molecule has 2 aliphatic carbocycles. The van der Waals surface area contributed by atoms with E-state index in [-0.39, 0.29) is 6.04 Å². The van der Waals surface area contributed by atoms with Crippen LogP contribution in [0.2, 0.25) is 0 Å². The summed E-state index contributed by atoms with van der Waals surface area (Å²) in [6, 6.07) is 0.542. The first-order chi connectivity index (χ1) is 9.54. The van der Waals surface area contributed by atoms with Crippen molar-refractivity contribution in [3.05, 3.63) is 0 Å². The molecule has 0 aromatic rings. The number of fused-ring (bicyclic) bond motifs is 1. The molecule has 2 nitrogen and oxygen atoms in total. The molecule has 2 rings (SSSR count). The second-order valence-electron chi connectivity index (χ2n) is 7.80. The van der Waals surface area contributed by atoms with Gasteiger partial charge in [0.15, 0.2) is 0 Å². The summed E-state index contributed by atoms with van der Waals surface area (Å²) in [6.07, 6.45) is 11.0. The molecule has 2 heteroatoms. The summed E-state index contributed by atoms with van der Waals surface area (Å²) >= 11 is 0. The summed E-state index contributed by atoms with van der Waals surface area (Å²) in [6.45, 7) is 6.94. The normalized spacial score (nSPS) is 41.5. The molecule has 20 heavy (non-hydrogen) atoms. The topological polar surface area (TPSA) is 52.0 Å². The molecule has 6 unspecified atom stereocenters. The summed E-state index contributed by atoms with van der Waals surface area (Å²) < 4.78 is 0. The van der Waals surface area contributed by atoms with Crippen molar-refractivity contribution in [3.8, 4) is 0 Å². The Kier molecular flexibility index (Phi) is 5.92. The Morgan fingerprint density at radius 1 is 1.10 bits per heavy atom. The summed E-state index contributed by atoms with van der Waals surface area (Å²) in [7, 11) is 0. The van der Waals surface area contributed by atoms with Gasteiger partial charge in [-0.05, 0) is 55.8 Å². The van der Waals surface area contributed by atoms with Gasteiger partial charge in [-0.15, -0.1) is 0 Å². The van der Waals surface area contributed by atoms with E-state index in [1.807, 2.05) is 0 Å². The molecule has 0 heterocycles. The van der Waals surface area contributed by atoms with Crippen molar-refractivity contribution in [2.45, 2.75) is 84.2 Å². The lowest BCUT2D eigenvalue weighted by Gasteiger charge is -2.49. The second kappa shape index (κ2) is 7.26. The zero-order chi connectivity index (χ0) is 14.7. The molecule has 0 aromatic heterocycles. The van der Waals surface area contributed by atoms with Gasteiger partial charge in [-0.25, -0.2) is 0 Å². The Morgan fingerprint density at radius 3 is 2.45 bits per heavy atom. The zero-order valence-corrected chi connectivity index (χ0v) is 13.9. The molecular weight excluding hydrogens is 244 g/mol. The van der Waals surface area contributed by atoms with E-state index in [1.165, 1.54) is 44.9 Å². The molecule has 2 saturated carbocycles. The summed E-state index contributed by atoms with van der Waals surface area (Å²) in [4.78, 5) is 0. The lowest BCUT2D eigenvalue weighted by atomic mass is 9.58. The minimum absolute atomic E-state index is 0.238. The van der Waals surface area contributed by atoms with E-state index < -0.39 is 0 Å². The Hall–Kier alpha value is -0.0800. The van der Waals surface area contributed by atoms with Crippen molar-refractivity contribution in [1.82, 2.24) is 0 Å². The highest BCUT2D eigenvalue weighted by Crippen LogP contribution is 2.50. The molecule has 0 aromatic carbocycles. The summed E-state index contributed by atoms with van der Waals surface area (Å²) in [5.41, 5.74) is 12.6. The molecule has 0 amide bonds. The quantitative estimate of drug-likeness (QED) is 0.820. The molecule has 2 fully saturated rings. The van der Waals surface area contributed by atoms with Gasteiger partial charge in [0, 0.05) is 12.1 Å². The SMILES string of the molecule is CCC1C2CCCCCC2CC(C)C1[C@H](N)CC(C)N. The maximum Gasteiger partial charge on any atom is 0.00870 e. The van der Waals surface area contributed by atoms with E-state index in [4.69, 9.17) is 11.5 Å². The maximum absolute atomic E-state index is 6.59. The van der Waals surface area contributed by atoms with E-state index in [0.717, 1.165) is 30.1 Å². The lowest BCUT2D eigenvalue weighted by Crippen LogP contribution is -2.48. The smallest absolute Gasteiger partial charge is 0.00870 e. The van der Waals surface area contributed by atoms with Crippen LogP contribution in [-0.2, 0) is 0 Å². The monoisotopic (exact) mass is 280 g/mol. The van der Waals surface area contributed by atoms with Crippen LogP contribution in [0.15, 0.2) is 0 Å². The van der Waals surface area contributed by atoms with Crippen molar-refractivity contribution >= 4 is 0 Å². The van der Waals surface area contributed by atoms with Crippen LogP contribution in [0, 0.1) is 29.6 Å². The molecule has 0 saturated heterocycles. The molecular formula is C18H36N2. The van der Waals surface area contributed by atoms with Gasteiger partial charge in [0.25, 0.3) is 0 Å². The average Bonchev–Trinajstić information content (AvgIpc) is 2.60. The molecule has 7 atom stereocenters. The summed E-state index contributed by atoms with van der Waals surface area (Å²) in [5.74, 6) is 4.26. The first-order valence-electron chi connectivity index (χ1n) is 9.05. The molecule has 0 bridgehead atoms. The van der Waals surface area contributed by atoms with Crippen LogP contribution in [0.1, 0.15) is 72.1 Å². The Labute approximate surface area is 126 Å². The second-order valence-corrected chi connectivity index (χ2v) is 7.80. The number of hydrogen-bond acceptors (Lipinski definition) is 2. The fraction of sp³-hybridized carbons (Fsp3) is 1.00. The standard InChI is InChI=1S/C18H36N2/c1-4-15-16-9-7-5-6-8-14(16)10-12(2)18(15)17(20)11-13(3)19/h12-18H,4-11,19-20H2,1-3H3/t12?,13?,14?,15?,16?,17-,18?/m1/s1. The van der Waals surface area contributed by atoms with Crippen molar-refractivity contribution < 1.29 is 0 Å². The minimum atomic E-state index is 0.238. The molecule has 0 spiro atoms. The van der Waals surface area contributed by atoms with Gasteiger partial charge in [-0.1, -0.05) is 46.0 Å². The Bertz CT molecular complexity index is 289. The molecule has 2 aliphatic rings. The number of rotatable bonds is 4. The lowest BCUT2D eigenvalue weighted by molar-refractivity contribution is 0.0193. The van der Waals surface area contributed by atoms with Crippen molar-refractivity contribution in [2.75, 3.05) is 0 Å². The van der Waals surface area contributed by atoms with Crippen LogP contribution < -0.4 is 11.5 Å². The predicted molar refractivity (Wildman–Crippen MR) is 87.4 cm³/mol. The zero-order valence-electron chi connectivity index (χ0n) is 13.9. The van der Waals surface area contributed by atoms with Gasteiger partial charge in [0.1, 0.15) is 0 Å². The van der Waals surface area contributed by atoms with Gasteiger partial charge >= 0.3 is 0 Å². The maximum atomic E-state index is 6.59. The van der Waals surface area contributed by atoms with Crippen molar-refractivity contribution in [1.29, 1.82) is 0 Å². The van der Waals surface area contributed by atoms with E-state index >= 15 is 0 Å². The Balaban J connectivity index is 2.14. The van der Waals surface area contributed by atoms with Crippen molar-refractivity contribution in [2.24, 2.45) is 41.1 Å². The third-order valence-corrected chi connectivity index (χ3v) is 6.20. The fourth-order valence-electron chi connectivity index (χ4n) is 5.51. The van der Waals surface area contributed by atoms with Crippen LogP contribution in [0.25, 0.3) is 0 Å². The third kappa shape index (κ3) is 3.57. The summed E-state index contributed by atoms with van der Waals surface area (Å²) in [5, 5.41) is 0. The minimum Gasteiger partial charge on any atom is -0.328 e. The van der Waals surface area contributed by atoms with Crippen LogP contribution >= 0.6 is 0 Å². The average molecular weight is 281 g/mol. The number of nitrogens with two attached hydrogens (primary N) is 2. The number of hydrogen-bond donors (Lipinski definition) is 2. The van der Waals surface area contributed by atoms with Crippen LogP contribution in [-0.4, -0.2) is 12.1 Å². The fourth-order valence-corrected chi connectivity index (χ4v) is 5.51. The van der Waals surface area contributed by atoms with Gasteiger partial charge in [-0.3, -0.25) is 0 Å². The van der Waals surface area contributed by atoms with Crippen LogP contribution in [0.4, 0.5) is 0 Å². The molecule has 0 aliphatic heterocycles. The highest BCUT2D eigenvalue weighted by atomic mass is 14.7. The van der Waals surface area contributed by atoms with E-state index in [1.54, 1.807) is 0 Å². The predicted octanol–water partition coefficient (Wildman–Crippen LogP) is 3.93. The van der Waals surface area contributed by atoms with E-state index in [2.05, 4.69) is 20.8 Å². The largest absolute Gasteiger partial charge is 0.328 e. The first-order valence-corrected chi connectivity index (χ1v) is 9.05. The highest BCUT2D eigenvalue weighted by Gasteiger charge is 2.44. The van der Waals surface area contributed by atoms with Crippen LogP contribution in [0.3, 0.4) is 0 Å². The highest BCUT2D eigenvalue weighted by molar-refractivity contribution is 4.95. The third-order valence-electron chi connectivity index (χ3n) is 6.20. The van der Waals surface area contributed by atoms with Gasteiger partial charge < -0.3 is 11.5 Å². The molecule has 4 N–H and O–H groups in total. The van der Waals surface area contributed by atoms with Gasteiger partial charge in [0.2, 0.25) is 0 Å². The van der Waals surface area contributed by atoms with Gasteiger partial charge in [0.05, 0.1) is 0 Å². The molecule has 118 valence electrons. The molecule has 0 radical (unpaired) electrons. The Morgan fingerprint density at radius 2 is 1.80 bits per heavy atom. The van der Waals surface area contributed by atoms with Gasteiger partial charge in [-0.2, -0.15) is 0 Å². The van der Waals surface area contributed by atoms with Crippen molar-refractivity contribution in [3.63, 3.8) is 0 Å². The van der Waals surface area contributed by atoms with E-state index in [9.17, 15) is 0 Å². The first kappa shape index (κ1) is 16.3. The van der Waals surface area contributed by atoms with Crippen LogP contribution in [0.5, 0.6) is 0 Å².